The number of hydrogen-bond donors (Lipinski definition) is 0. The fraction of sp³-hybridized carbons (Fsp3) is 0.571. The van der Waals surface area contributed by atoms with Gasteiger partial charge in [-0.1, -0.05) is 19.1 Å². The average molecular weight is 204 g/mol. The molecule has 82 valence electrons. The van der Waals surface area contributed by atoms with Gasteiger partial charge in [0, 0.05) is 18.1 Å². The Morgan fingerprint density at radius 1 is 1.27 bits per heavy atom. The minimum Gasteiger partial charge on any atom is -0.294 e. The van der Waals surface area contributed by atoms with Crippen molar-refractivity contribution in [1.29, 1.82) is 0 Å². The standard InChI is InChI=1S/C14H22N/c1-4-12-8-9-13-7-6-10-15(3,5-2)14(13)11-12/h8-9,11H,4-7,10H2,1-3H3/q+1. The number of fused-ring (bicyclic) bond motifs is 1. The van der Waals surface area contributed by atoms with Gasteiger partial charge in [-0.05, 0) is 25.3 Å². The van der Waals surface area contributed by atoms with E-state index in [-0.39, 0.29) is 0 Å². The van der Waals surface area contributed by atoms with Crippen LogP contribution in [0.3, 0.4) is 0 Å². The lowest BCUT2D eigenvalue weighted by molar-refractivity contribution is 0.323. The predicted octanol–water partition coefficient (Wildman–Crippen LogP) is 3.15. The van der Waals surface area contributed by atoms with Crippen LogP contribution in [0.5, 0.6) is 0 Å². The molecule has 0 aromatic heterocycles. The summed E-state index contributed by atoms with van der Waals surface area (Å²) >= 11 is 0. The highest BCUT2D eigenvalue weighted by atomic mass is 15.3. The smallest absolute Gasteiger partial charge is 0.136 e. The number of nitrogens with zero attached hydrogens (tertiary/aromatic N) is 1. The molecule has 1 aliphatic heterocycles. The Morgan fingerprint density at radius 2 is 2.07 bits per heavy atom. The van der Waals surface area contributed by atoms with Crippen molar-refractivity contribution in [1.82, 2.24) is 4.48 Å². The van der Waals surface area contributed by atoms with Gasteiger partial charge in [-0.2, -0.15) is 0 Å². The molecule has 2 rings (SSSR count). The van der Waals surface area contributed by atoms with Crippen molar-refractivity contribution >= 4 is 5.69 Å². The highest BCUT2D eigenvalue weighted by Gasteiger charge is 2.29. The third-order valence-electron chi connectivity index (χ3n) is 3.94. The van der Waals surface area contributed by atoms with Gasteiger partial charge in [-0.25, -0.2) is 0 Å². The molecule has 1 aromatic carbocycles. The van der Waals surface area contributed by atoms with Crippen molar-refractivity contribution in [2.24, 2.45) is 0 Å². The largest absolute Gasteiger partial charge is 0.294 e. The Hall–Kier alpha value is -0.820. The molecule has 15 heavy (non-hydrogen) atoms. The van der Waals surface area contributed by atoms with Crippen molar-refractivity contribution < 1.29 is 0 Å². The number of quaternary nitrogens is 1. The summed E-state index contributed by atoms with van der Waals surface area (Å²) in [6.45, 7) is 7.05. The first kappa shape index (κ1) is 10.7. The van der Waals surface area contributed by atoms with Gasteiger partial charge in [-0.3, -0.25) is 4.48 Å². The van der Waals surface area contributed by atoms with Crippen molar-refractivity contribution in [3.63, 3.8) is 0 Å². The third-order valence-corrected chi connectivity index (χ3v) is 3.94. The molecule has 0 saturated carbocycles. The number of benzene rings is 1. The van der Waals surface area contributed by atoms with Gasteiger partial charge in [0.2, 0.25) is 0 Å². The van der Waals surface area contributed by atoms with E-state index in [9.17, 15) is 0 Å². The van der Waals surface area contributed by atoms with Gasteiger partial charge >= 0.3 is 0 Å². The fourth-order valence-electron chi connectivity index (χ4n) is 2.61. The molecule has 0 fully saturated rings. The summed E-state index contributed by atoms with van der Waals surface area (Å²) in [4.78, 5) is 0. The van der Waals surface area contributed by atoms with Gasteiger partial charge in [0.25, 0.3) is 0 Å². The SMILES string of the molecule is CCc1ccc2c(c1)[N+](C)(CC)CCC2. The minimum absolute atomic E-state index is 1.13. The summed E-state index contributed by atoms with van der Waals surface area (Å²) in [7, 11) is 2.37. The Bertz CT molecular complexity index is 356. The Labute approximate surface area is 93.3 Å². The van der Waals surface area contributed by atoms with Crippen LogP contribution in [0.4, 0.5) is 5.69 Å². The van der Waals surface area contributed by atoms with E-state index in [1.165, 1.54) is 31.5 Å². The molecule has 0 aliphatic carbocycles. The second kappa shape index (κ2) is 3.97. The minimum atomic E-state index is 1.13. The monoisotopic (exact) mass is 204 g/mol. The molecular formula is C14H22N+. The van der Waals surface area contributed by atoms with E-state index < -0.39 is 0 Å². The zero-order chi connectivity index (χ0) is 10.9. The van der Waals surface area contributed by atoms with Gasteiger partial charge in [0.15, 0.2) is 0 Å². The van der Waals surface area contributed by atoms with Crippen molar-refractivity contribution in [2.45, 2.75) is 33.1 Å². The molecule has 1 unspecified atom stereocenters. The van der Waals surface area contributed by atoms with Crippen LogP contribution < -0.4 is 4.48 Å². The molecular weight excluding hydrogens is 182 g/mol. The summed E-state index contributed by atoms with van der Waals surface area (Å²) < 4.78 is 1.13. The van der Waals surface area contributed by atoms with Crippen LogP contribution in [0, 0.1) is 0 Å². The summed E-state index contributed by atoms with van der Waals surface area (Å²) in [5.74, 6) is 0. The average Bonchev–Trinajstić information content (AvgIpc) is 2.29. The van der Waals surface area contributed by atoms with Crippen LogP contribution in [-0.2, 0) is 12.8 Å². The molecule has 1 aromatic rings. The Morgan fingerprint density at radius 3 is 2.73 bits per heavy atom. The number of rotatable bonds is 2. The van der Waals surface area contributed by atoms with E-state index in [1.54, 1.807) is 11.3 Å². The molecule has 0 bridgehead atoms. The molecule has 1 atom stereocenters. The first-order valence-electron chi connectivity index (χ1n) is 6.16. The molecule has 0 radical (unpaired) electrons. The zero-order valence-electron chi connectivity index (χ0n) is 10.2. The van der Waals surface area contributed by atoms with Crippen molar-refractivity contribution in [3.05, 3.63) is 29.3 Å². The van der Waals surface area contributed by atoms with E-state index in [0.717, 1.165) is 10.9 Å². The number of aryl methyl sites for hydroxylation is 2. The van der Waals surface area contributed by atoms with E-state index in [4.69, 9.17) is 0 Å². The van der Waals surface area contributed by atoms with Crippen LogP contribution in [0.2, 0.25) is 0 Å². The molecule has 1 nitrogen and oxygen atoms in total. The first-order chi connectivity index (χ1) is 7.19. The molecule has 0 saturated heterocycles. The highest BCUT2D eigenvalue weighted by molar-refractivity contribution is 5.54. The lowest BCUT2D eigenvalue weighted by Crippen LogP contribution is -2.48. The fourth-order valence-corrected chi connectivity index (χ4v) is 2.61. The summed E-state index contributed by atoms with van der Waals surface area (Å²) in [6.07, 6.45) is 3.76. The Balaban J connectivity index is 2.48. The van der Waals surface area contributed by atoms with Crippen molar-refractivity contribution in [3.8, 4) is 0 Å². The van der Waals surface area contributed by atoms with E-state index in [1.807, 2.05) is 0 Å². The molecule has 1 heteroatoms. The van der Waals surface area contributed by atoms with E-state index >= 15 is 0 Å². The Kier molecular flexibility index (Phi) is 2.83. The highest BCUT2D eigenvalue weighted by Crippen LogP contribution is 2.32. The van der Waals surface area contributed by atoms with Gasteiger partial charge in [0.05, 0.1) is 20.1 Å². The molecule has 0 N–H and O–H groups in total. The van der Waals surface area contributed by atoms with Crippen LogP contribution in [-0.4, -0.2) is 20.1 Å². The second-order valence-corrected chi connectivity index (χ2v) is 4.86. The zero-order valence-corrected chi connectivity index (χ0v) is 10.2. The lowest BCUT2D eigenvalue weighted by Gasteiger charge is -2.38. The van der Waals surface area contributed by atoms with Gasteiger partial charge in [-0.15, -0.1) is 0 Å². The van der Waals surface area contributed by atoms with Gasteiger partial charge in [0.1, 0.15) is 5.69 Å². The lowest BCUT2D eigenvalue weighted by atomic mass is 9.97. The molecule has 1 heterocycles. The predicted molar refractivity (Wildman–Crippen MR) is 67.3 cm³/mol. The molecule has 1 aliphatic rings. The number of hydrogen-bond acceptors (Lipinski definition) is 0. The van der Waals surface area contributed by atoms with Crippen LogP contribution in [0.1, 0.15) is 31.4 Å². The molecule has 0 spiro atoms. The summed E-state index contributed by atoms with van der Waals surface area (Å²) in [6, 6.07) is 7.07. The topological polar surface area (TPSA) is 0 Å². The van der Waals surface area contributed by atoms with Crippen molar-refractivity contribution in [2.75, 3.05) is 20.1 Å². The van der Waals surface area contributed by atoms with E-state index in [0.29, 0.717) is 0 Å². The van der Waals surface area contributed by atoms with Crippen LogP contribution in [0.25, 0.3) is 0 Å². The quantitative estimate of drug-likeness (QED) is 0.649. The first-order valence-corrected chi connectivity index (χ1v) is 6.16. The molecule has 0 amide bonds. The third kappa shape index (κ3) is 1.81. The maximum Gasteiger partial charge on any atom is 0.136 e. The normalized spacial score (nSPS) is 25.0. The van der Waals surface area contributed by atoms with Crippen LogP contribution in [0.15, 0.2) is 18.2 Å². The van der Waals surface area contributed by atoms with Gasteiger partial charge < -0.3 is 0 Å². The maximum absolute atomic E-state index is 2.43. The van der Waals surface area contributed by atoms with E-state index in [2.05, 4.69) is 39.1 Å². The summed E-state index contributed by atoms with van der Waals surface area (Å²) in [5.41, 5.74) is 4.62. The van der Waals surface area contributed by atoms with Crippen LogP contribution >= 0.6 is 0 Å². The maximum atomic E-state index is 2.43. The second-order valence-electron chi connectivity index (χ2n) is 4.86. The summed E-state index contributed by atoms with van der Waals surface area (Å²) in [5, 5.41) is 0.